The van der Waals surface area contributed by atoms with Crippen LogP contribution in [0.2, 0.25) is 0 Å². The lowest BCUT2D eigenvalue weighted by atomic mass is 9.89. The molecule has 2 aliphatic rings. The van der Waals surface area contributed by atoms with E-state index in [2.05, 4.69) is 15.9 Å². The van der Waals surface area contributed by atoms with Gasteiger partial charge in [-0.15, -0.1) is 0 Å². The van der Waals surface area contributed by atoms with E-state index in [1.807, 2.05) is 30.3 Å². The van der Waals surface area contributed by atoms with Gasteiger partial charge in [0.05, 0.1) is 6.07 Å². The summed E-state index contributed by atoms with van der Waals surface area (Å²) >= 11 is 0. The molecule has 4 nitrogen and oxygen atoms in total. The van der Waals surface area contributed by atoms with E-state index in [4.69, 9.17) is 5.73 Å². The summed E-state index contributed by atoms with van der Waals surface area (Å²) in [6.07, 6.45) is 3.35. The Morgan fingerprint density at radius 2 is 2.05 bits per heavy atom. The average molecular weight is 284 g/mol. The molecule has 112 valence electrons. The SMILES string of the molecule is N#CC(N)(CCN1CCN2CCCC2C1)c1ccccc1. The molecule has 2 heterocycles. The molecule has 2 fully saturated rings. The molecule has 2 N–H and O–H groups in total. The highest BCUT2D eigenvalue weighted by atomic mass is 15.3. The molecule has 0 bridgehead atoms. The molecular weight excluding hydrogens is 260 g/mol. The maximum absolute atomic E-state index is 9.52. The number of fused-ring (bicyclic) bond motifs is 1. The van der Waals surface area contributed by atoms with Crippen LogP contribution in [0.25, 0.3) is 0 Å². The predicted molar refractivity (Wildman–Crippen MR) is 83.6 cm³/mol. The number of hydrogen-bond donors (Lipinski definition) is 1. The number of hydrogen-bond acceptors (Lipinski definition) is 4. The highest BCUT2D eigenvalue weighted by Gasteiger charge is 2.32. The van der Waals surface area contributed by atoms with Crippen molar-refractivity contribution in [2.24, 2.45) is 5.73 Å². The molecule has 2 unspecified atom stereocenters. The van der Waals surface area contributed by atoms with Gasteiger partial charge in [-0.25, -0.2) is 0 Å². The molecule has 0 radical (unpaired) electrons. The fourth-order valence-corrected chi connectivity index (χ4v) is 3.59. The van der Waals surface area contributed by atoms with Crippen molar-refractivity contribution in [1.29, 1.82) is 5.26 Å². The van der Waals surface area contributed by atoms with Gasteiger partial charge < -0.3 is 10.6 Å². The van der Waals surface area contributed by atoms with Crippen molar-refractivity contribution in [3.8, 4) is 6.07 Å². The fourth-order valence-electron chi connectivity index (χ4n) is 3.59. The summed E-state index contributed by atoms with van der Waals surface area (Å²) < 4.78 is 0. The molecule has 1 aromatic rings. The molecular formula is C17H24N4. The zero-order valence-corrected chi connectivity index (χ0v) is 12.5. The molecule has 21 heavy (non-hydrogen) atoms. The fraction of sp³-hybridized carbons (Fsp3) is 0.588. The van der Waals surface area contributed by atoms with E-state index in [0.29, 0.717) is 6.42 Å². The van der Waals surface area contributed by atoms with Gasteiger partial charge in [0.1, 0.15) is 5.54 Å². The van der Waals surface area contributed by atoms with E-state index in [1.54, 1.807) is 0 Å². The van der Waals surface area contributed by atoms with E-state index in [1.165, 1.54) is 25.9 Å². The highest BCUT2D eigenvalue weighted by molar-refractivity contribution is 5.30. The Morgan fingerprint density at radius 3 is 2.81 bits per heavy atom. The number of rotatable bonds is 4. The van der Waals surface area contributed by atoms with E-state index in [0.717, 1.165) is 31.2 Å². The van der Waals surface area contributed by atoms with E-state index < -0.39 is 5.54 Å². The number of nitrogens with zero attached hydrogens (tertiary/aromatic N) is 3. The van der Waals surface area contributed by atoms with Crippen molar-refractivity contribution in [1.82, 2.24) is 9.80 Å². The van der Waals surface area contributed by atoms with Gasteiger partial charge in [-0.2, -0.15) is 5.26 Å². The Bertz CT molecular complexity index is 509. The minimum atomic E-state index is -0.867. The van der Waals surface area contributed by atoms with Crippen molar-refractivity contribution >= 4 is 0 Å². The lowest BCUT2D eigenvalue weighted by Gasteiger charge is -2.38. The van der Waals surface area contributed by atoms with Gasteiger partial charge in [-0.3, -0.25) is 4.90 Å². The molecule has 2 aliphatic heterocycles. The van der Waals surface area contributed by atoms with Gasteiger partial charge in [0, 0.05) is 32.2 Å². The maximum atomic E-state index is 9.52. The summed E-state index contributed by atoms with van der Waals surface area (Å²) in [5, 5.41) is 9.52. The van der Waals surface area contributed by atoms with Crippen LogP contribution in [0.5, 0.6) is 0 Å². The summed E-state index contributed by atoms with van der Waals surface area (Å²) in [6.45, 7) is 5.58. The minimum absolute atomic E-state index is 0.695. The summed E-state index contributed by atoms with van der Waals surface area (Å²) in [5.74, 6) is 0. The first kappa shape index (κ1) is 14.5. The van der Waals surface area contributed by atoms with Crippen LogP contribution in [-0.2, 0) is 5.54 Å². The maximum Gasteiger partial charge on any atom is 0.131 e. The number of nitriles is 1. The van der Waals surface area contributed by atoms with Crippen molar-refractivity contribution in [3.05, 3.63) is 35.9 Å². The molecule has 4 heteroatoms. The zero-order valence-electron chi connectivity index (χ0n) is 12.5. The summed E-state index contributed by atoms with van der Waals surface area (Å²) in [6, 6.07) is 12.8. The van der Waals surface area contributed by atoms with E-state index in [9.17, 15) is 5.26 Å². The summed E-state index contributed by atoms with van der Waals surface area (Å²) in [7, 11) is 0. The van der Waals surface area contributed by atoms with E-state index in [-0.39, 0.29) is 0 Å². The molecule has 1 aromatic carbocycles. The van der Waals surface area contributed by atoms with Gasteiger partial charge >= 0.3 is 0 Å². The smallest absolute Gasteiger partial charge is 0.131 e. The number of nitrogens with two attached hydrogens (primary N) is 1. The number of piperazine rings is 1. The molecule has 0 aromatic heterocycles. The first-order valence-electron chi connectivity index (χ1n) is 7.93. The molecule has 0 amide bonds. The van der Waals surface area contributed by atoms with Gasteiger partial charge in [-0.05, 0) is 31.4 Å². The van der Waals surface area contributed by atoms with Gasteiger partial charge in [0.2, 0.25) is 0 Å². The van der Waals surface area contributed by atoms with Crippen molar-refractivity contribution in [2.45, 2.75) is 30.8 Å². The third-order valence-corrected chi connectivity index (χ3v) is 4.98. The third-order valence-electron chi connectivity index (χ3n) is 4.98. The van der Waals surface area contributed by atoms with Crippen LogP contribution < -0.4 is 5.73 Å². The Morgan fingerprint density at radius 1 is 1.24 bits per heavy atom. The number of benzene rings is 1. The minimum Gasteiger partial charge on any atom is -0.310 e. The van der Waals surface area contributed by atoms with Crippen LogP contribution in [-0.4, -0.2) is 48.6 Å². The Kier molecular flexibility index (Phi) is 4.25. The molecule has 3 rings (SSSR count). The first-order chi connectivity index (χ1) is 10.2. The Labute approximate surface area is 127 Å². The monoisotopic (exact) mass is 284 g/mol. The predicted octanol–water partition coefficient (Wildman–Crippen LogP) is 1.53. The van der Waals surface area contributed by atoms with Gasteiger partial charge in [0.15, 0.2) is 0 Å². The van der Waals surface area contributed by atoms with E-state index >= 15 is 0 Å². The third kappa shape index (κ3) is 3.11. The molecule has 0 saturated carbocycles. The van der Waals surface area contributed by atoms with Crippen LogP contribution >= 0.6 is 0 Å². The second-order valence-electron chi connectivity index (χ2n) is 6.33. The molecule has 0 aliphatic carbocycles. The zero-order chi connectivity index (χ0) is 14.7. The van der Waals surface area contributed by atoms with Crippen LogP contribution in [0.3, 0.4) is 0 Å². The topological polar surface area (TPSA) is 56.3 Å². The average Bonchev–Trinajstić information content (AvgIpc) is 3.01. The van der Waals surface area contributed by atoms with Crippen molar-refractivity contribution < 1.29 is 0 Å². The normalized spacial score (nSPS) is 26.0. The largest absolute Gasteiger partial charge is 0.310 e. The standard InChI is InChI=1S/C17H24N4/c18-14-17(19,15-5-2-1-3-6-15)8-10-20-11-12-21-9-4-7-16(21)13-20/h1-3,5-6,16H,4,7-13,19H2. The lowest BCUT2D eigenvalue weighted by molar-refractivity contribution is 0.0999. The quantitative estimate of drug-likeness (QED) is 0.911. The summed E-state index contributed by atoms with van der Waals surface area (Å²) in [4.78, 5) is 5.09. The molecule has 0 spiro atoms. The molecule has 2 saturated heterocycles. The molecule has 2 atom stereocenters. The first-order valence-corrected chi connectivity index (χ1v) is 7.93. The second kappa shape index (κ2) is 6.15. The summed E-state index contributed by atoms with van der Waals surface area (Å²) in [5.41, 5.74) is 6.40. The van der Waals surface area contributed by atoms with Crippen LogP contribution in [0.15, 0.2) is 30.3 Å². The van der Waals surface area contributed by atoms with Gasteiger partial charge in [-0.1, -0.05) is 30.3 Å². The van der Waals surface area contributed by atoms with Crippen molar-refractivity contribution in [2.75, 3.05) is 32.7 Å². The van der Waals surface area contributed by atoms with Crippen LogP contribution in [0, 0.1) is 11.3 Å². The van der Waals surface area contributed by atoms with Crippen LogP contribution in [0.4, 0.5) is 0 Å². The lowest BCUT2D eigenvalue weighted by Crippen LogP contribution is -2.51. The Balaban J connectivity index is 1.60. The Hall–Kier alpha value is -1.41. The van der Waals surface area contributed by atoms with Crippen molar-refractivity contribution in [3.63, 3.8) is 0 Å². The van der Waals surface area contributed by atoms with Crippen LogP contribution in [0.1, 0.15) is 24.8 Å². The second-order valence-corrected chi connectivity index (χ2v) is 6.33. The highest BCUT2D eigenvalue weighted by Crippen LogP contribution is 2.25. The van der Waals surface area contributed by atoms with Gasteiger partial charge in [0.25, 0.3) is 0 Å².